The van der Waals surface area contributed by atoms with E-state index in [-0.39, 0.29) is 10.5 Å². The van der Waals surface area contributed by atoms with Gasteiger partial charge < -0.3 is 5.73 Å². The molecule has 0 heterocycles. The van der Waals surface area contributed by atoms with Gasteiger partial charge >= 0.3 is 0 Å². The summed E-state index contributed by atoms with van der Waals surface area (Å²) >= 11 is 0. The molecule has 0 aromatic heterocycles. The minimum Gasteiger partial charge on any atom is -0.397 e. The maximum atomic E-state index is 13.3. The zero-order valence-corrected chi connectivity index (χ0v) is 11.9. The van der Waals surface area contributed by atoms with Gasteiger partial charge in [-0.15, -0.1) is 0 Å². The van der Waals surface area contributed by atoms with E-state index >= 15 is 0 Å². The lowest BCUT2D eigenvalue weighted by molar-refractivity contribution is 0.593. The summed E-state index contributed by atoms with van der Waals surface area (Å²) in [6.45, 7) is 0. The quantitative estimate of drug-likeness (QED) is 0.880. The smallest absolute Gasteiger partial charge is 0.264 e. The maximum Gasteiger partial charge on any atom is 0.264 e. The van der Waals surface area contributed by atoms with Crippen molar-refractivity contribution in [1.82, 2.24) is 0 Å². The number of sulfonamides is 1. The number of nitrogens with zero attached hydrogens (tertiary/aromatic N) is 2. The molecule has 0 atom stereocenters. The van der Waals surface area contributed by atoms with Crippen molar-refractivity contribution in [1.29, 1.82) is 5.26 Å². The molecule has 0 unspecified atom stereocenters. The number of nitriles is 1. The van der Waals surface area contributed by atoms with E-state index < -0.39 is 15.8 Å². The first-order chi connectivity index (χ1) is 9.87. The van der Waals surface area contributed by atoms with Gasteiger partial charge in [0.2, 0.25) is 0 Å². The molecule has 0 saturated carbocycles. The van der Waals surface area contributed by atoms with Gasteiger partial charge in [-0.1, -0.05) is 12.1 Å². The summed E-state index contributed by atoms with van der Waals surface area (Å²) in [4.78, 5) is -0.175. The molecule has 0 fully saturated rings. The van der Waals surface area contributed by atoms with E-state index in [4.69, 9.17) is 11.0 Å². The number of halogens is 1. The molecule has 2 N–H and O–H groups in total. The van der Waals surface area contributed by atoms with Gasteiger partial charge in [0.1, 0.15) is 11.9 Å². The SMILES string of the molecule is CN(c1ccccc1N)S(=O)(=O)c1ccc(F)c(C#N)c1. The van der Waals surface area contributed by atoms with Gasteiger partial charge in [0.05, 0.1) is 21.8 Å². The monoisotopic (exact) mass is 305 g/mol. The average molecular weight is 305 g/mol. The van der Waals surface area contributed by atoms with Crippen LogP contribution in [0, 0.1) is 17.1 Å². The maximum absolute atomic E-state index is 13.3. The second-order valence-electron chi connectivity index (χ2n) is 4.28. The second kappa shape index (κ2) is 5.42. The first-order valence-electron chi connectivity index (χ1n) is 5.91. The number of hydrogen-bond acceptors (Lipinski definition) is 4. The van der Waals surface area contributed by atoms with Crippen LogP contribution in [0.2, 0.25) is 0 Å². The van der Waals surface area contributed by atoms with E-state index in [1.54, 1.807) is 30.3 Å². The first kappa shape index (κ1) is 14.8. The Morgan fingerprint density at radius 2 is 1.90 bits per heavy atom. The van der Waals surface area contributed by atoms with E-state index in [9.17, 15) is 12.8 Å². The third-order valence-corrected chi connectivity index (χ3v) is 4.76. The molecule has 0 aliphatic carbocycles. The molecule has 0 bridgehead atoms. The molecule has 2 rings (SSSR count). The molecule has 2 aromatic rings. The molecule has 5 nitrogen and oxygen atoms in total. The lowest BCUT2D eigenvalue weighted by atomic mass is 10.2. The van der Waals surface area contributed by atoms with E-state index in [2.05, 4.69) is 0 Å². The summed E-state index contributed by atoms with van der Waals surface area (Å²) in [6.07, 6.45) is 0. The molecular formula is C14H12FN3O2S. The zero-order chi connectivity index (χ0) is 15.6. The molecule has 0 saturated heterocycles. The molecule has 0 aliphatic rings. The van der Waals surface area contributed by atoms with Crippen molar-refractivity contribution in [3.05, 3.63) is 53.8 Å². The number of benzene rings is 2. The Hall–Kier alpha value is -2.59. The lowest BCUT2D eigenvalue weighted by Crippen LogP contribution is -2.27. The number of anilines is 2. The van der Waals surface area contributed by atoms with E-state index in [0.29, 0.717) is 11.4 Å². The summed E-state index contributed by atoms with van der Waals surface area (Å²) in [6, 6.07) is 11.2. The van der Waals surface area contributed by atoms with E-state index in [0.717, 1.165) is 22.5 Å². The zero-order valence-electron chi connectivity index (χ0n) is 11.1. The normalized spacial score (nSPS) is 10.9. The Morgan fingerprint density at radius 3 is 2.52 bits per heavy atom. The van der Waals surface area contributed by atoms with Crippen molar-refractivity contribution in [2.24, 2.45) is 0 Å². The molecule has 0 radical (unpaired) electrons. The van der Waals surface area contributed by atoms with Crippen LogP contribution < -0.4 is 10.0 Å². The predicted molar refractivity (Wildman–Crippen MR) is 77.6 cm³/mol. The summed E-state index contributed by atoms with van der Waals surface area (Å²) in [5, 5.41) is 8.79. The molecule has 0 aliphatic heterocycles. The van der Waals surface area contributed by atoms with Crippen molar-refractivity contribution >= 4 is 21.4 Å². The standard InChI is InChI=1S/C14H12FN3O2S/c1-18(14-5-3-2-4-13(14)17)21(19,20)11-6-7-12(15)10(8-11)9-16/h2-8H,17H2,1H3. The van der Waals surface area contributed by atoms with Crippen LogP contribution in [-0.4, -0.2) is 15.5 Å². The lowest BCUT2D eigenvalue weighted by Gasteiger charge is -2.21. The molecule has 0 spiro atoms. The van der Waals surface area contributed by atoms with Crippen LogP contribution in [0.4, 0.5) is 15.8 Å². The fraction of sp³-hybridized carbons (Fsp3) is 0.0714. The third kappa shape index (κ3) is 2.66. The van der Waals surface area contributed by atoms with Gasteiger partial charge in [-0.25, -0.2) is 12.8 Å². The summed E-state index contributed by atoms with van der Waals surface area (Å²) in [7, 11) is -2.58. The molecule has 7 heteroatoms. The Bertz CT molecular complexity index is 828. The molecule has 108 valence electrons. The molecule has 21 heavy (non-hydrogen) atoms. The van der Waals surface area contributed by atoms with Crippen LogP contribution in [0.5, 0.6) is 0 Å². The van der Waals surface area contributed by atoms with E-state index in [1.807, 2.05) is 0 Å². The number of hydrogen-bond donors (Lipinski definition) is 1. The van der Waals surface area contributed by atoms with E-state index in [1.165, 1.54) is 7.05 Å². The van der Waals surface area contributed by atoms with Gasteiger partial charge in [0.15, 0.2) is 0 Å². The number of para-hydroxylation sites is 2. The van der Waals surface area contributed by atoms with Crippen LogP contribution in [0.25, 0.3) is 0 Å². The van der Waals surface area contributed by atoms with Crippen LogP contribution in [0.1, 0.15) is 5.56 Å². The Labute approximate surface area is 122 Å². The highest BCUT2D eigenvalue weighted by atomic mass is 32.2. The number of rotatable bonds is 3. The Kier molecular flexibility index (Phi) is 3.82. The van der Waals surface area contributed by atoms with Crippen molar-refractivity contribution in [3.8, 4) is 6.07 Å². The fourth-order valence-corrected chi connectivity index (χ4v) is 3.06. The predicted octanol–water partition coefficient (Wildman–Crippen LogP) is 2.10. The van der Waals surface area contributed by atoms with Gasteiger partial charge in [0, 0.05) is 7.05 Å². The van der Waals surface area contributed by atoms with Gasteiger partial charge in [-0.2, -0.15) is 5.26 Å². The second-order valence-corrected chi connectivity index (χ2v) is 6.25. The van der Waals surface area contributed by atoms with Gasteiger partial charge in [0.25, 0.3) is 10.0 Å². The third-order valence-electron chi connectivity index (χ3n) is 2.99. The minimum absolute atomic E-state index is 0.175. The van der Waals surface area contributed by atoms with Crippen LogP contribution in [-0.2, 0) is 10.0 Å². The van der Waals surface area contributed by atoms with Crippen LogP contribution in [0.15, 0.2) is 47.4 Å². The van der Waals surface area contributed by atoms with Crippen LogP contribution in [0.3, 0.4) is 0 Å². The first-order valence-corrected chi connectivity index (χ1v) is 7.35. The molecule has 2 aromatic carbocycles. The van der Waals surface area contributed by atoms with Crippen LogP contribution >= 0.6 is 0 Å². The van der Waals surface area contributed by atoms with Gasteiger partial charge in [-0.05, 0) is 30.3 Å². The van der Waals surface area contributed by atoms with Crippen molar-refractivity contribution < 1.29 is 12.8 Å². The highest BCUT2D eigenvalue weighted by Gasteiger charge is 2.23. The van der Waals surface area contributed by atoms with Gasteiger partial charge in [-0.3, -0.25) is 4.31 Å². The van der Waals surface area contributed by atoms with Crippen molar-refractivity contribution in [2.75, 3.05) is 17.1 Å². The number of nitrogens with two attached hydrogens (primary N) is 1. The summed E-state index contributed by atoms with van der Waals surface area (Å²) < 4.78 is 39.3. The minimum atomic E-state index is -3.93. The average Bonchev–Trinajstić information content (AvgIpc) is 2.47. The van der Waals surface area contributed by atoms with Crippen molar-refractivity contribution in [2.45, 2.75) is 4.90 Å². The Balaban J connectivity index is 2.53. The topological polar surface area (TPSA) is 87.2 Å². The summed E-state index contributed by atoms with van der Waals surface area (Å²) in [5.74, 6) is -0.765. The largest absolute Gasteiger partial charge is 0.397 e. The molecular weight excluding hydrogens is 293 g/mol. The highest BCUT2D eigenvalue weighted by Crippen LogP contribution is 2.27. The number of nitrogen functional groups attached to an aromatic ring is 1. The summed E-state index contributed by atoms with van der Waals surface area (Å²) in [5.41, 5.74) is 6.03. The highest BCUT2D eigenvalue weighted by molar-refractivity contribution is 7.92. The molecule has 0 amide bonds. The fourth-order valence-electron chi connectivity index (χ4n) is 1.81. The van der Waals surface area contributed by atoms with Crippen molar-refractivity contribution in [3.63, 3.8) is 0 Å². The Morgan fingerprint density at radius 1 is 1.24 bits per heavy atom.